The molecule has 0 aromatic heterocycles. The maximum atomic E-state index is 13.0. The second-order valence-electron chi connectivity index (χ2n) is 4.55. The first-order valence-corrected chi connectivity index (χ1v) is 6.70. The molecule has 0 radical (unpaired) electrons. The highest BCUT2D eigenvalue weighted by molar-refractivity contribution is 6.31. The van der Waals surface area contributed by atoms with E-state index in [0.717, 1.165) is 17.5 Å². The van der Waals surface area contributed by atoms with Crippen LogP contribution in [0.5, 0.6) is 0 Å². The van der Waals surface area contributed by atoms with E-state index in [4.69, 9.17) is 16.3 Å². The molecule has 1 atom stereocenters. The molecule has 0 aliphatic heterocycles. The maximum Gasteiger partial charge on any atom is 0.124 e. The van der Waals surface area contributed by atoms with E-state index in [9.17, 15) is 9.50 Å². The van der Waals surface area contributed by atoms with Gasteiger partial charge in [-0.3, -0.25) is 0 Å². The van der Waals surface area contributed by atoms with Gasteiger partial charge in [0.25, 0.3) is 0 Å². The van der Waals surface area contributed by atoms with Crippen LogP contribution in [0.4, 0.5) is 4.39 Å². The Bertz CT molecular complexity index is 569. The van der Waals surface area contributed by atoms with E-state index in [1.807, 2.05) is 24.3 Å². The molecule has 1 unspecified atom stereocenters. The van der Waals surface area contributed by atoms with Gasteiger partial charge < -0.3 is 9.84 Å². The van der Waals surface area contributed by atoms with Crippen molar-refractivity contribution < 1.29 is 14.2 Å². The van der Waals surface area contributed by atoms with Crippen molar-refractivity contribution in [2.45, 2.75) is 12.5 Å². The molecule has 4 heteroatoms. The van der Waals surface area contributed by atoms with Gasteiger partial charge in [-0.25, -0.2) is 4.39 Å². The van der Waals surface area contributed by atoms with Gasteiger partial charge in [0.2, 0.25) is 0 Å². The minimum Gasteiger partial charge on any atom is -0.384 e. The summed E-state index contributed by atoms with van der Waals surface area (Å²) < 4.78 is 18.0. The lowest BCUT2D eigenvalue weighted by molar-refractivity contribution is 0.202. The highest BCUT2D eigenvalue weighted by Gasteiger charge is 2.14. The van der Waals surface area contributed by atoms with Crippen molar-refractivity contribution in [1.82, 2.24) is 0 Å². The molecule has 2 nitrogen and oxygen atoms in total. The summed E-state index contributed by atoms with van der Waals surface area (Å²) in [4.78, 5) is 0. The van der Waals surface area contributed by atoms with Crippen LogP contribution in [0.1, 0.15) is 22.8 Å². The van der Waals surface area contributed by atoms with Crippen molar-refractivity contribution in [3.63, 3.8) is 0 Å². The third kappa shape index (κ3) is 3.57. The standard InChI is InChI=1S/C16H16ClFO2/c1-20-9-8-11-2-4-12(5-3-11)16(19)14-7-6-13(18)10-15(14)17/h2-7,10,16,19H,8-9H2,1H3. The van der Waals surface area contributed by atoms with Crippen molar-refractivity contribution in [1.29, 1.82) is 0 Å². The van der Waals surface area contributed by atoms with Crippen molar-refractivity contribution >= 4 is 11.6 Å². The molecule has 2 aromatic carbocycles. The van der Waals surface area contributed by atoms with Gasteiger partial charge in [0.15, 0.2) is 0 Å². The van der Waals surface area contributed by atoms with Crippen molar-refractivity contribution in [3.05, 3.63) is 70.0 Å². The second kappa shape index (κ2) is 6.84. The van der Waals surface area contributed by atoms with Crippen molar-refractivity contribution in [2.75, 3.05) is 13.7 Å². The predicted octanol–water partition coefficient (Wildman–Crippen LogP) is 3.75. The molecule has 0 amide bonds. The minimum absolute atomic E-state index is 0.223. The summed E-state index contributed by atoms with van der Waals surface area (Å²) in [6, 6.07) is 11.6. The molecular formula is C16H16ClFO2. The first-order chi connectivity index (χ1) is 9.61. The molecule has 0 saturated carbocycles. The van der Waals surface area contributed by atoms with E-state index in [-0.39, 0.29) is 5.02 Å². The molecule has 2 rings (SSSR count). The topological polar surface area (TPSA) is 29.5 Å². The number of benzene rings is 2. The normalized spacial score (nSPS) is 12.4. The maximum absolute atomic E-state index is 13.0. The van der Waals surface area contributed by atoms with Gasteiger partial charge in [-0.05, 0) is 29.7 Å². The van der Waals surface area contributed by atoms with Crippen LogP contribution in [0.25, 0.3) is 0 Å². The zero-order valence-electron chi connectivity index (χ0n) is 11.1. The van der Waals surface area contributed by atoms with Crippen molar-refractivity contribution in [3.8, 4) is 0 Å². The van der Waals surface area contributed by atoms with Crippen LogP contribution in [-0.2, 0) is 11.2 Å². The lowest BCUT2D eigenvalue weighted by atomic mass is 9.99. The van der Waals surface area contributed by atoms with Gasteiger partial charge in [0.1, 0.15) is 11.9 Å². The number of halogens is 2. The van der Waals surface area contributed by atoms with Gasteiger partial charge in [-0.15, -0.1) is 0 Å². The lowest BCUT2D eigenvalue weighted by Crippen LogP contribution is -2.02. The Balaban J connectivity index is 2.18. The van der Waals surface area contributed by atoms with Gasteiger partial charge in [-0.1, -0.05) is 41.9 Å². The Morgan fingerprint density at radius 2 is 1.90 bits per heavy atom. The van der Waals surface area contributed by atoms with Gasteiger partial charge in [0, 0.05) is 17.7 Å². The summed E-state index contributed by atoms with van der Waals surface area (Å²) >= 11 is 5.96. The largest absolute Gasteiger partial charge is 0.384 e. The van der Waals surface area contributed by atoms with Crippen LogP contribution in [-0.4, -0.2) is 18.8 Å². The Morgan fingerprint density at radius 3 is 2.50 bits per heavy atom. The van der Waals surface area contributed by atoms with Crippen LogP contribution in [0.3, 0.4) is 0 Å². The number of aliphatic hydroxyl groups is 1. The van der Waals surface area contributed by atoms with E-state index in [2.05, 4.69) is 0 Å². The van der Waals surface area contributed by atoms with Gasteiger partial charge in [0.05, 0.1) is 6.61 Å². The minimum atomic E-state index is -0.862. The number of aliphatic hydroxyl groups excluding tert-OH is 1. The fourth-order valence-electron chi connectivity index (χ4n) is 1.99. The van der Waals surface area contributed by atoms with Crippen molar-refractivity contribution in [2.24, 2.45) is 0 Å². The lowest BCUT2D eigenvalue weighted by Gasteiger charge is -2.13. The highest BCUT2D eigenvalue weighted by atomic mass is 35.5. The monoisotopic (exact) mass is 294 g/mol. The number of rotatable bonds is 5. The molecular weight excluding hydrogens is 279 g/mol. The average Bonchev–Trinajstić information content (AvgIpc) is 2.45. The van der Waals surface area contributed by atoms with Gasteiger partial charge >= 0.3 is 0 Å². The average molecular weight is 295 g/mol. The molecule has 0 fully saturated rings. The molecule has 0 aliphatic carbocycles. The SMILES string of the molecule is COCCc1ccc(C(O)c2ccc(F)cc2Cl)cc1. The van der Waals surface area contributed by atoms with Gasteiger partial charge in [-0.2, -0.15) is 0 Å². The predicted molar refractivity (Wildman–Crippen MR) is 77.5 cm³/mol. The summed E-state index contributed by atoms with van der Waals surface area (Å²) in [6.45, 7) is 0.658. The summed E-state index contributed by atoms with van der Waals surface area (Å²) in [6.07, 6.45) is -0.0379. The molecule has 2 aromatic rings. The fraction of sp³-hybridized carbons (Fsp3) is 0.250. The van der Waals surface area contributed by atoms with E-state index in [1.165, 1.54) is 18.2 Å². The smallest absolute Gasteiger partial charge is 0.124 e. The number of hydrogen-bond acceptors (Lipinski definition) is 2. The van der Waals surface area contributed by atoms with Crippen LogP contribution in [0.2, 0.25) is 5.02 Å². The molecule has 0 bridgehead atoms. The summed E-state index contributed by atoms with van der Waals surface area (Å²) in [5, 5.41) is 10.5. The number of ether oxygens (including phenoxy) is 1. The zero-order chi connectivity index (χ0) is 14.5. The summed E-state index contributed by atoms with van der Waals surface area (Å²) in [5.41, 5.74) is 2.35. The number of hydrogen-bond donors (Lipinski definition) is 1. The molecule has 0 heterocycles. The zero-order valence-corrected chi connectivity index (χ0v) is 11.9. The summed E-state index contributed by atoms with van der Waals surface area (Å²) in [7, 11) is 1.66. The van der Waals surface area contributed by atoms with Crippen LogP contribution in [0.15, 0.2) is 42.5 Å². The first-order valence-electron chi connectivity index (χ1n) is 6.32. The Hall–Kier alpha value is -1.42. The fourth-order valence-corrected chi connectivity index (χ4v) is 2.26. The van der Waals surface area contributed by atoms with E-state index < -0.39 is 11.9 Å². The quantitative estimate of drug-likeness (QED) is 0.910. The molecule has 0 aliphatic rings. The molecule has 0 saturated heterocycles. The van der Waals surface area contributed by atoms with Crippen LogP contribution in [0, 0.1) is 5.82 Å². The Kier molecular flexibility index (Phi) is 5.12. The molecule has 20 heavy (non-hydrogen) atoms. The summed E-state index contributed by atoms with van der Waals surface area (Å²) in [5.74, 6) is -0.416. The van der Waals surface area contributed by atoms with E-state index >= 15 is 0 Å². The highest BCUT2D eigenvalue weighted by Crippen LogP contribution is 2.28. The first kappa shape index (κ1) is 15.0. The Morgan fingerprint density at radius 1 is 1.20 bits per heavy atom. The molecule has 106 valence electrons. The Labute approximate surface area is 122 Å². The third-order valence-electron chi connectivity index (χ3n) is 3.15. The van der Waals surface area contributed by atoms with Crippen LogP contribution < -0.4 is 0 Å². The third-order valence-corrected chi connectivity index (χ3v) is 3.47. The van der Waals surface area contributed by atoms with E-state index in [1.54, 1.807) is 7.11 Å². The molecule has 0 spiro atoms. The molecule has 1 N–H and O–H groups in total. The second-order valence-corrected chi connectivity index (χ2v) is 4.96. The van der Waals surface area contributed by atoms with Crippen LogP contribution >= 0.6 is 11.6 Å². The van der Waals surface area contributed by atoms with E-state index in [0.29, 0.717) is 12.2 Å². The number of methoxy groups -OCH3 is 1.